The van der Waals surface area contributed by atoms with E-state index in [-0.39, 0.29) is 5.82 Å². The van der Waals surface area contributed by atoms with E-state index in [1.807, 2.05) is 25.1 Å². The quantitative estimate of drug-likeness (QED) is 0.366. The number of ether oxygens (including phenoxy) is 1. The van der Waals surface area contributed by atoms with E-state index in [1.54, 1.807) is 13.2 Å². The maximum Gasteiger partial charge on any atom is 0.191 e. The van der Waals surface area contributed by atoms with E-state index in [0.717, 1.165) is 29.9 Å². The SMILES string of the molecule is CCNC(=NCc1cccc(F)c1)NCc1ccc(NCCOC)cc1. The first-order valence-corrected chi connectivity index (χ1v) is 8.79. The molecule has 0 unspecified atom stereocenters. The summed E-state index contributed by atoms with van der Waals surface area (Å²) in [5, 5.41) is 9.79. The van der Waals surface area contributed by atoms with Gasteiger partial charge in [0, 0.05) is 32.4 Å². The van der Waals surface area contributed by atoms with Gasteiger partial charge in [0.2, 0.25) is 0 Å². The van der Waals surface area contributed by atoms with Crippen molar-refractivity contribution in [1.29, 1.82) is 0 Å². The van der Waals surface area contributed by atoms with Crippen LogP contribution in [0.15, 0.2) is 53.5 Å². The van der Waals surface area contributed by atoms with Gasteiger partial charge in [0.05, 0.1) is 13.2 Å². The fourth-order valence-electron chi connectivity index (χ4n) is 2.37. The fourth-order valence-corrected chi connectivity index (χ4v) is 2.37. The van der Waals surface area contributed by atoms with Gasteiger partial charge in [-0.2, -0.15) is 0 Å². The number of methoxy groups -OCH3 is 1. The number of aliphatic imine (C=N–C) groups is 1. The normalized spacial score (nSPS) is 11.3. The Morgan fingerprint density at radius 2 is 1.88 bits per heavy atom. The molecule has 0 bridgehead atoms. The van der Waals surface area contributed by atoms with Crippen molar-refractivity contribution < 1.29 is 9.13 Å². The van der Waals surface area contributed by atoms with Gasteiger partial charge in [0.1, 0.15) is 5.82 Å². The van der Waals surface area contributed by atoms with Crippen molar-refractivity contribution in [2.45, 2.75) is 20.0 Å². The summed E-state index contributed by atoms with van der Waals surface area (Å²) in [5.41, 5.74) is 3.06. The Balaban J connectivity index is 1.88. The minimum Gasteiger partial charge on any atom is -0.383 e. The van der Waals surface area contributed by atoms with Crippen LogP contribution in [-0.4, -0.2) is 32.8 Å². The number of nitrogens with one attached hydrogen (secondary N) is 3. The molecule has 5 nitrogen and oxygen atoms in total. The smallest absolute Gasteiger partial charge is 0.191 e. The fraction of sp³-hybridized carbons (Fsp3) is 0.350. The highest BCUT2D eigenvalue weighted by Gasteiger charge is 2.00. The third kappa shape index (κ3) is 7.11. The molecule has 26 heavy (non-hydrogen) atoms. The molecule has 2 aromatic carbocycles. The van der Waals surface area contributed by atoms with Crippen molar-refractivity contribution in [3.63, 3.8) is 0 Å². The molecular formula is C20H27FN4O. The van der Waals surface area contributed by atoms with Crippen molar-refractivity contribution >= 4 is 11.6 Å². The van der Waals surface area contributed by atoms with Gasteiger partial charge in [-0.1, -0.05) is 24.3 Å². The molecule has 0 heterocycles. The Bertz CT molecular complexity index is 688. The highest BCUT2D eigenvalue weighted by atomic mass is 19.1. The number of halogens is 1. The summed E-state index contributed by atoms with van der Waals surface area (Å²) in [4.78, 5) is 4.51. The summed E-state index contributed by atoms with van der Waals surface area (Å²) < 4.78 is 18.3. The molecule has 0 fully saturated rings. The van der Waals surface area contributed by atoms with E-state index in [1.165, 1.54) is 12.1 Å². The highest BCUT2D eigenvalue weighted by Crippen LogP contribution is 2.09. The van der Waals surface area contributed by atoms with Crippen molar-refractivity contribution in [2.24, 2.45) is 4.99 Å². The van der Waals surface area contributed by atoms with Crippen LogP contribution in [0.1, 0.15) is 18.1 Å². The number of anilines is 1. The van der Waals surface area contributed by atoms with E-state index in [2.05, 4.69) is 33.1 Å². The van der Waals surface area contributed by atoms with Gasteiger partial charge in [0.25, 0.3) is 0 Å². The number of guanidine groups is 1. The molecule has 0 aliphatic carbocycles. The molecule has 0 aromatic heterocycles. The van der Waals surface area contributed by atoms with Gasteiger partial charge < -0.3 is 20.7 Å². The lowest BCUT2D eigenvalue weighted by Crippen LogP contribution is -2.36. The summed E-state index contributed by atoms with van der Waals surface area (Å²) in [6.07, 6.45) is 0. The Morgan fingerprint density at radius 3 is 2.58 bits per heavy atom. The summed E-state index contributed by atoms with van der Waals surface area (Å²) in [7, 11) is 1.69. The van der Waals surface area contributed by atoms with Crippen LogP contribution in [0.5, 0.6) is 0 Å². The van der Waals surface area contributed by atoms with Gasteiger partial charge in [-0.3, -0.25) is 0 Å². The Kier molecular flexibility index (Phi) is 8.42. The van der Waals surface area contributed by atoms with Crippen LogP contribution in [-0.2, 0) is 17.8 Å². The second-order valence-corrected chi connectivity index (χ2v) is 5.80. The van der Waals surface area contributed by atoms with Crippen molar-refractivity contribution in [2.75, 3.05) is 32.1 Å². The Hall–Kier alpha value is -2.60. The minimum atomic E-state index is -0.241. The van der Waals surface area contributed by atoms with Crippen molar-refractivity contribution in [1.82, 2.24) is 10.6 Å². The lowest BCUT2D eigenvalue weighted by atomic mass is 10.2. The molecule has 0 amide bonds. The van der Waals surface area contributed by atoms with E-state index in [4.69, 9.17) is 4.74 Å². The predicted octanol–water partition coefficient (Wildman–Crippen LogP) is 3.14. The molecule has 2 aromatic rings. The standard InChI is InChI=1S/C20H27FN4O/c1-3-22-20(25-15-17-5-4-6-18(21)13-17)24-14-16-7-9-19(10-8-16)23-11-12-26-2/h4-10,13,23H,3,11-12,14-15H2,1-2H3,(H2,22,24,25). The summed E-state index contributed by atoms with van der Waals surface area (Å²) in [5.74, 6) is 0.467. The predicted molar refractivity (Wildman–Crippen MR) is 105 cm³/mol. The topological polar surface area (TPSA) is 57.7 Å². The molecule has 0 spiro atoms. The maximum absolute atomic E-state index is 13.2. The molecule has 6 heteroatoms. The molecule has 0 aliphatic rings. The van der Waals surface area contributed by atoms with Crippen molar-refractivity contribution in [3.05, 3.63) is 65.5 Å². The first-order valence-electron chi connectivity index (χ1n) is 8.79. The second kappa shape index (κ2) is 11.1. The summed E-state index contributed by atoms with van der Waals surface area (Å²) >= 11 is 0. The van der Waals surface area contributed by atoms with Gasteiger partial charge >= 0.3 is 0 Å². The van der Waals surface area contributed by atoms with Crippen LogP contribution >= 0.6 is 0 Å². The van der Waals surface area contributed by atoms with Gasteiger partial charge in [-0.25, -0.2) is 9.38 Å². The zero-order valence-electron chi connectivity index (χ0n) is 15.4. The molecular weight excluding hydrogens is 331 g/mol. The molecule has 0 atom stereocenters. The molecule has 0 radical (unpaired) electrons. The lowest BCUT2D eigenvalue weighted by Gasteiger charge is -2.12. The summed E-state index contributed by atoms with van der Waals surface area (Å²) in [6.45, 7) is 5.32. The van der Waals surface area contributed by atoms with E-state index >= 15 is 0 Å². The Labute approximate surface area is 154 Å². The second-order valence-electron chi connectivity index (χ2n) is 5.80. The first-order chi connectivity index (χ1) is 12.7. The van der Waals surface area contributed by atoms with E-state index in [0.29, 0.717) is 25.7 Å². The molecule has 0 saturated heterocycles. The molecule has 2 rings (SSSR count). The third-order valence-corrected chi connectivity index (χ3v) is 3.70. The van der Waals surface area contributed by atoms with Crippen LogP contribution < -0.4 is 16.0 Å². The van der Waals surface area contributed by atoms with Crippen LogP contribution in [0, 0.1) is 5.82 Å². The average molecular weight is 358 g/mol. The van der Waals surface area contributed by atoms with Crippen LogP contribution in [0.4, 0.5) is 10.1 Å². The highest BCUT2D eigenvalue weighted by molar-refractivity contribution is 5.79. The lowest BCUT2D eigenvalue weighted by molar-refractivity contribution is 0.211. The van der Waals surface area contributed by atoms with Gasteiger partial charge in [-0.05, 0) is 42.3 Å². The van der Waals surface area contributed by atoms with Crippen molar-refractivity contribution in [3.8, 4) is 0 Å². The molecule has 0 saturated carbocycles. The number of benzene rings is 2. The zero-order chi connectivity index (χ0) is 18.6. The molecule has 140 valence electrons. The molecule has 3 N–H and O–H groups in total. The van der Waals surface area contributed by atoms with Gasteiger partial charge in [0.15, 0.2) is 5.96 Å². The third-order valence-electron chi connectivity index (χ3n) is 3.70. The summed E-state index contributed by atoms with van der Waals surface area (Å²) in [6, 6.07) is 14.7. The number of nitrogens with zero attached hydrogens (tertiary/aromatic N) is 1. The number of hydrogen-bond donors (Lipinski definition) is 3. The van der Waals surface area contributed by atoms with Crippen LogP contribution in [0.2, 0.25) is 0 Å². The largest absolute Gasteiger partial charge is 0.383 e. The number of rotatable bonds is 9. The minimum absolute atomic E-state index is 0.241. The maximum atomic E-state index is 13.2. The Morgan fingerprint density at radius 1 is 1.08 bits per heavy atom. The van der Waals surface area contributed by atoms with Crippen LogP contribution in [0.3, 0.4) is 0 Å². The number of hydrogen-bond acceptors (Lipinski definition) is 3. The average Bonchev–Trinajstić information content (AvgIpc) is 2.65. The van der Waals surface area contributed by atoms with E-state index < -0.39 is 0 Å². The van der Waals surface area contributed by atoms with Gasteiger partial charge in [-0.15, -0.1) is 0 Å². The first kappa shape index (κ1) is 19.7. The zero-order valence-corrected chi connectivity index (χ0v) is 15.4. The monoisotopic (exact) mass is 358 g/mol. The van der Waals surface area contributed by atoms with Crippen LogP contribution in [0.25, 0.3) is 0 Å². The molecule has 0 aliphatic heterocycles. The van der Waals surface area contributed by atoms with E-state index in [9.17, 15) is 4.39 Å².